The van der Waals surface area contributed by atoms with Gasteiger partial charge in [0.05, 0.1) is 38.8 Å². The van der Waals surface area contributed by atoms with Gasteiger partial charge >= 0.3 is 0 Å². The predicted molar refractivity (Wildman–Crippen MR) is 176 cm³/mol. The van der Waals surface area contributed by atoms with Gasteiger partial charge in [0.25, 0.3) is 5.91 Å². The third kappa shape index (κ3) is 5.90. The number of benzene rings is 4. The fourth-order valence-corrected chi connectivity index (χ4v) is 6.61. The SMILES string of the molecule is COc1ccc(C2=NN(C(=O)CSc3cn(Cc4ccc(C)cc4)c4ccccc34)C(c3cccc(OC)c3OC)C2)cc1. The summed E-state index contributed by atoms with van der Waals surface area (Å²) in [5.74, 6) is 2.15. The number of aromatic nitrogens is 1. The highest BCUT2D eigenvalue weighted by molar-refractivity contribution is 8.00. The number of para-hydroxylation sites is 2. The molecule has 7 nitrogen and oxygen atoms in total. The Kier molecular flexibility index (Phi) is 8.61. The number of hydrogen-bond donors (Lipinski definition) is 0. The maximum atomic E-state index is 14.0. The summed E-state index contributed by atoms with van der Waals surface area (Å²) in [5, 5.41) is 7.64. The van der Waals surface area contributed by atoms with Crippen LogP contribution in [-0.4, -0.2) is 48.3 Å². The number of aryl methyl sites for hydroxylation is 1. The second-order valence-corrected chi connectivity index (χ2v) is 11.7. The molecule has 5 aromatic rings. The van der Waals surface area contributed by atoms with Crippen LogP contribution < -0.4 is 14.2 Å². The zero-order chi connectivity index (χ0) is 30.6. The van der Waals surface area contributed by atoms with Crippen molar-refractivity contribution in [1.29, 1.82) is 0 Å². The highest BCUT2D eigenvalue weighted by atomic mass is 32.2. The van der Waals surface area contributed by atoms with Gasteiger partial charge in [0.1, 0.15) is 5.75 Å². The summed E-state index contributed by atoms with van der Waals surface area (Å²) in [4.78, 5) is 15.1. The van der Waals surface area contributed by atoms with Crippen LogP contribution in [0.4, 0.5) is 0 Å². The lowest BCUT2D eigenvalue weighted by molar-refractivity contribution is -0.130. The Hall–Kier alpha value is -4.69. The number of amides is 1. The third-order valence-corrected chi connectivity index (χ3v) is 8.99. The van der Waals surface area contributed by atoms with Crippen LogP contribution in [0.3, 0.4) is 0 Å². The lowest BCUT2D eigenvalue weighted by atomic mass is 9.97. The van der Waals surface area contributed by atoms with Crippen LogP contribution in [0.1, 0.15) is 34.7 Å². The number of rotatable bonds is 10. The topological polar surface area (TPSA) is 65.3 Å². The number of thioether (sulfide) groups is 1. The van der Waals surface area contributed by atoms with Crippen LogP contribution >= 0.6 is 11.8 Å². The average Bonchev–Trinajstić information content (AvgIpc) is 3.66. The fourth-order valence-electron chi connectivity index (χ4n) is 5.67. The second kappa shape index (κ2) is 12.9. The van der Waals surface area contributed by atoms with Gasteiger partial charge in [0.15, 0.2) is 11.5 Å². The summed E-state index contributed by atoms with van der Waals surface area (Å²) in [7, 11) is 4.88. The largest absolute Gasteiger partial charge is 0.497 e. The molecule has 0 saturated heterocycles. The molecule has 0 aliphatic carbocycles. The average molecular weight is 606 g/mol. The van der Waals surface area contributed by atoms with Crippen LogP contribution in [0.2, 0.25) is 0 Å². The molecule has 0 fully saturated rings. The summed E-state index contributed by atoms with van der Waals surface area (Å²) in [6, 6.07) is 30.1. The van der Waals surface area contributed by atoms with Crippen LogP contribution in [0.15, 0.2) is 107 Å². The van der Waals surface area contributed by atoms with Gasteiger partial charge in [0, 0.05) is 40.5 Å². The Balaban J connectivity index is 1.29. The van der Waals surface area contributed by atoms with Crippen molar-refractivity contribution in [3.05, 3.63) is 119 Å². The lowest BCUT2D eigenvalue weighted by Gasteiger charge is -2.24. The number of ether oxygens (including phenoxy) is 3. The number of carbonyl (C=O) groups excluding carboxylic acids is 1. The smallest absolute Gasteiger partial charge is 0.253 e. The van der Waals surface area contributed by atoms with E-state index in [0.717, 1.165) is 44.9 Å². The molecule has 2 heterocycles. The van der Waals surface area contributed by atoms with Crippen LogP contribution in [0, 0.1) is 6.92 Å². The first kappa shape index (κ1) is 29.4. The van der Waals surface area contributed by atoms with Gasteiger partial charge in [-0.05, 0) is 54.4 Å². The normalized spacial score (nSPS) is 14.5. The minimum absolute atomic E-state index is 0.0799. The van der Waals surface area contributed by atoms with Crippen molar-refractivity contribution in [2.24, 2.45) is 5.10 Å². The molecular weight excluding hydrogens is 570 g/mol. The van der Waals surface area contributed by atoms with Crippen molar-refractivity contribution in [2.45, 2.75) is 30.8 Å². The monoisotopic (exact) mass is 605 g/mol. The van der Waals surface area contributed by atoms with Crippen molar-refractivity contribution in [3.8, 4) is 17.2 Å². The molecule has 0 spiro atoms. The Labute approximate surface area is 262 Å². The Bertz CT molecular complexity index is 1810. The summed E-state index contributed by atoms with van der Waals surface area (Å²) < 4.78 is 19.0. The van der Waals surface area contributed by atoms with E-state index in [1.54, 1.807) is 38.1 Å². The Morgan fingerprint density at radius 1 is 0.886 bits per heavy atom. The zero-order valence-corrected chi connectivity index (χ0v) is 26.1. The van der Waals surface area contributed by atoms with Crippen LogP contribution in [-0.2, 0) is 11.3 Å². The summed E-state index contributed by atoms with van der Waals surface area (Å²) in [6.07, 6.45) is 2.70. The van der Waals surface area contributed by atoms with Gasteiger partial charge < -0.3 is 18.8 Å². The molecule has 0 bridgehead atoms. The van der Waals surface area contributed by atoms with Crippen molar-refractivity contribution in [3.63, 3.8) is 0 Å². The standard InChI is InChI=1S/C36H35N3O4S/c1-24-12-14-25(15-13-24)21-38-22-34(28-8-5-6-10-31(28)38)44-23-35(40)39-32(29-9-7-11-33(42-3)36(29)43-4)20-30(37-39)26-16-18-27(41-2)19-17-26/h5-19,22,32H,20-21,23H2,1-4H3. The first-order valence-corrected chi connectivity index (χ1v) is 15.5. The van der Waals surface area contributed by atoms with Gasteiger partial charge in [-0.15, -0.1) is 11.8 Å². The maximum absolute atomic E-state index is 14.0. The minimum atomic E-state index is -0.340. The molecule has 1 aliphatic heterocycles. The molecule has 0 N–H and O–H groups in total. The quantitative estimate of drug-likeness (QED) is 0.154. The molecule has 1 unspecified atom stereocenters. The number of fused-ring (bicyclic) bond motifs is 1. The van der Waals surface area contributed by atoms with Crippen molar-refractivity contribution in [2.75, 3.05) is 27.1 Å². The lowest BCUT2D eigenvalue weighted by Crippen LogP contribution is -2.28. The first-order valence-electron chi connectivity index (χ1n) is 14.5. The highest BCUT2D eigenvalue weighted by Crippen LogP contribution is 2.42. The summed E-state index contributed by atoms with van der Waals surface area (Å²) >= 11 is 1.54. The van der Waals surface area contributed by atoms with E-state index in [1.807, 2.05) is 48.5 Å². The number of methoxy groups -OCH3 is 3. The van der Waals surface area contributed by atoms with Gasteiger partial charge in [0.2, 0.25) is 0 Å². The van der Waals surface area contributed by atoms with E-state index in [9.17, 15) is 4.79 Å². The van der Waals surface area contributed by atoms with E-state index < -0.39 is 0 Å². The minimum Gasteiger partial charge on any atom is -0.497 e. The fraction of sp³-hybridized carbons (Fsp3) is 0.222. The molecule has 224 valence electrons. The van der Waals surface area contributed by atoms with Crippen molar-refractivity contribution >= 4 is 34.3 Å². The summed E-state index contributed by atoms with van der Waals surface area (Å²) in [6.45, 7) is 2.86. The molecule has 6 rings (SSSR count). The maximum Gasteiger partial charge on any atom is 0.253 e. The molecule has 1 aliphatic rings. The molecule has 1 aromatic heterocycles. The molecule has 0 saturated carbocycles. The third-order valence-electron chi connectivity index (χ3n) is 7.96. The van der Waals surface area contributed by atoms with E-state index in [1.165, 1.54) is 11.1 Å². The number of nitrogens with zero attached hydrogens (tertiary/aromatic N) is 3. The van der Waals surface area contributed by atoms with E-state index in [4.69, 9.17) is 19.3 Å². The van der Waals surface area contributed by atoms with Gasteiger partial charge in [-0.1, -0.05) is 60.2 Å². The predicted octanol–water partition coefficient (Wildman–Crippen LogP) is 7.49. The molecule has 4 aromatic carbocycles. The van der Waals surface area contributed by atoms with Gasteiger partial charge in [-0.2, -0.15) is 5.10 Å². The van der Waals surface area contributed by atoms with Crippen LogP contribution in [0.25, 0.3) is 10.9 Å². The number of hydrogen-bond acceptors (Lipinski definition) is 6. The first-order chi connectivity index (χ1) is 21.5. The second-order valence-electron chi connectivity index (χ2n) is 10.7. The molecule has 44 heavy (non-hydrogen) atoms. The zero-order valence-electron chi connectivity index (χ0n) is 25.3. The molecule has 1 amide bonds. The van der Waals surface area contributed by atoms with E-state index in [2.05, 4.69) is 60.2 Å². The van der Waals surface area contributed by atoms with Gasteiger partial charge in [-0.3, -0.25) is 4.79 Å². The van der Waals surface area contributed by atoms with Crippen molar-refractivity contribution in [1.82, 2.24) is 9.58 Å². The Morgan fingerprint density at radius 2 is 1.66 bits per heavy atom. The van der Waals surface area contributed by atoms with Crippen LogP contribution in [0.5, 0.6) is 17.2 Å². The van der Waals surface area contributed by atoms with E-state index >= 15 is 0 Å². The van der Waals surface area contributed by atoms with Crippen molar-refractivity contribution < 1.29 is 19.0 Å². The highest BCUT2D eigenvalue weighted by Gasteiger charge is 2.35. The number of hydrazone groups is 1. The summed E-state index contributed by atoms with van der Waals surface area (Å²) in [5.41, 5.74) is 6.24. The molecular formula is C36H35N3O4S. The Morgan fingerprint density at radius 3 is 2.39 bits per heavy atom. The molecule has 8 heteroatoms. The van der Waals surface area contributed by atoms with E-state index in [0.29, 0.717) is 17.9 Å². The number of carbonyl (C=O) groups is 1. The van der Waals surface area contributed by atoms with Gasteiger partial charge in [-0.25, -0.2) is 5.01 Å². The molecule has 0 radical (unpaired) electrons. The molecule has 1 atom stereocenters. The van der Waals surface area contributed by atoms with E-state index in [-0.39, 0.29) is 17.7 Å².